The van der Waals surface area contributed by atoms with Gasteiger partial charge in [0.15, 0.2) is 0 Å². The first-order valence-electron chi connectivity index (χ1n) is 11.4. The first-order valence-corrected chi connectivity index (χ1v) is 11.4. The van der Waals surface area contributed by atoms with Crippen LogP contribution in [-0.4, -0.2) is 52.0 Å². The van der Waals surface area contributed by atoms with Crippen LogP contribution in [0.5, 0.6) is 5.75 Å². The fraction of sp³-hybridized carbons (Fsp3) is 0.708. The molecule has 0 aliphatic rings. The Balaban J connectivity index is 1.79. The van der Waals surface area contributed by atoms with Gasteiger partial charge in [-0.25, -0.2) is 0 Å². The molecule has 1 atom stereocenters. The number of hydrogen-bond donors (Lipinski definition) is 1. The van der Waals surface area contributed by atoms with Crippen LogP contribution in [-0.2, 0) is 19.0 Å². The van der Waals surface area contributed by atoms with Crippen molar-refractivity contribution in [3.05, 3.63) is 29.8 Å². The molecule has 6 heteroatoms. The molecule has 0 saturated carbocycles. The van der Waals surface area contributed by atoms with Crippen molar-refractivity contribution in [2.75, 3.05) is 46.2 Å². The first kappa shape index (κ1) is 26.6. The number of Topliss-reactive ketones (excluding diaryl/α,β-unsaturated/α-hetero) is 1. The molecule has 172 valence electrons. The minimum absolute atomic E-state index is 0.0556. The Morgan fingerprint density at radius 2 is 1.37 bits per heavy atom. The van der Waals surface area contributed by atoms with Gasteiger partial charge in [0, 0.05) is 25.5 Å². The van der Waals surface area contributed by atoms with Gasteiger partial charge in [0.25, 0.3) is 0 Å². The number of ketones is 1. The van der Waals surface area contributed by atoms with E-state index in [1.165, 1.54) is 0 Å². The van der Waals surface area contributed by atoms with Gasteiger partial charge in [-0.1, -0.05) is 25.5 Å². The normalized spacial score (nSPS) is 12.1. The average molecular weight is 424 g/mol. The van der Waals surface area contributed by atoms with Crippen LogP contribution in [0.15, 0.2) is 24.3 Å². The van der Waals surface area contributed by atoms with Crippen LogP contribution in [0, 0.1) is 0 Å². The molecule has 0 spiro atoms. The second-order valence-electron chi connectivity index (χ2n) is 7.50. The quantitative estimate of drug-likeness (QED) is 0.312. The van der Waals surface area contributed by atoms with Crippen molar-refractivity contribution in [2.45, 2.75) is 64.8 Å². The van der Waals surface area contributed by atoms with Crippen LogP contribution >= 0.6 is 0 Å². The van der Waals surface area contributed by atoms with E-state index in [9.17, 15) is 4.79 Å². The predicted molar refractivity (Wildman–Crippen MR) is 120 cm³/mol. The summed E-state index contributed by atoms with van der Waals surface area (Å²) in [4.78, 5) is 11.3. The van der Waals surface area contributed by atoms with E-state index in [0.29, 0.717) is 45.9 Å². The standard InChI is InChI=1S/C24H41NO5/c1-3-8-23(26)13-16-28-18-20-29-19-17-27-14-6-4-5-7-15-30-24-11-9-22(10-12-24)21(2)25/h9-12,21H,3-8,13-20,25H2,1-2H3. The summed E-state index contributed by atoms with van der Waals surface area (Å²) < 4.78 is 22.2. The number of carbonyl (C=O) groups excluding carboxylic acids is 1. The second-order valence-corrected chi connectivity index (χ2v) is 7.50. The Morgan fingerprint density at radius 3 is 1.97 bits per heavy atom. The lowest BCUT2D eigenvalue weighted by Gasteiger charge is -2.09. The Kier molecular flexibility index (Phi) is 16.2. The fourth-order valence-electron chi connectivity index (χ4n) is 2.85. The maximum Gasteiger partial charge on any atom is 0.135 e. The average Bonchev–Trinajstić information content (AvgIpc) is 2.74. The summed E-state index contributed by atoms with van der Waals surface area (Å²) in [5, 5.41) is 0. The molecule has 0 fully saturated rings. The summed E-state index contributed by atoms with van der Waals surface area (Å²) in [7, 11) is 0. The van der Waals surface area contributed by atoms with Crippen LogP contribution in [0.3, 0.4) is 0 Å². The van der Waals surface area contributed by atoms with Gasteiger partial charge in [0.05, 0.1) is 39.6 Å². The number of rotatable bonds is 20. The number of carbonyl (C=O) groups is 1. The molecule has 0 aliphatic heterocycles. The van der Waals surface area contributed by atoms with Gasteiger partial charge in [-0.2, -0.15) is 0 Å². The Bertz CT molecular complexity index is 533. The maximum atomic E-state index is 11.3. The van der Waals surface area contributed by atoms with E-state index in [4.69, 9.17) is 24.7 Å². The van der Waals surface area contributed by atoms with E-state index >= 15 is 0 Å². The van der Waals surface area contributed by atoms with Crippen LogP contribution < -0.4 is 10.5 Å². The fourth-order valence-corrected chi connectivity index (χ4v) is 2.85. The van der Waals surface area contributed by atoms with Crippen molar-refractivity contribution in [2.24, 2.45) is 5.73 Å². The highest BCUT2D eigenvalue weighted by Gasteiger charge is 2.01. The molecule has 30 heavy (non-hydrogen) atoms. The highest BCUT2D eigenvalue weighted by Crippen LogP contribution is 2.16. The molecule has 0 saturated heterocycles. The van der Waals surface area contributed by atoms with Crippen molar-refractivity contribution in [3.8, 4) is 5.75 Å². The number of ether oxygens (including phenoxy) is 4. The van der Waals surface area contributed by atoms with Crippen LogP contribution in [0.2, 0.25) is 0 Å². The highest BCUT2D eigenvalue weighted by molar-refractivity contribution is 5.78. The van der Waals surface area contributed by atoms with Crippen molar-refractivity contribution in [1.29, 1.82) is 0 Å². The summed E-state index contributed by atoms with van der Waals surface area (Å²) >= 11 is 0. The van der Waals surface area contributed by atoms with Gasteiger partial charge in [0.2, 0.25) is 0 Å². The zero-order valence-corrected chi connectivity index (χ0v) is 18.9. The zero-order valence-electron chi connectivity index (χ0n) is 18.9. The topological polar surface area (TPSA) is 80.0 Å². The Morgan fingerprint density at radius 1 is 0.800 bits per heavy atom. The summed E-state index contributed by atoms with van der Waals surface area (Å²) in [5.74, 6) is 1.17. The molecular weight excluding hydrogens is 382 g/mol. The predicted octanol–water partition coefficient (Wildman–Crippen LogP) is 4.45. The van der Waals surface area contributed by atoms with Crippen molar-refractivity contribution in [3.63, 3.8) is 0 Å². The summed E-state index contributed by atoms with van der Waals surface area (Å²) in [6.07, 6.45) is 6.42. The van der Waals surface area contributed by atoms with E-state index in [2.05, 4.69) is 0 Å². The minimum atomic E-state index is 0.0556. The lowest BCUT2D eigenvalue weighted by Crippen LogP contribution is -2.11. The van der Waals surface area contributed by atoms with Crippen LogP contribution in [0.25, 0.3) is 0 Å². The summed E-state index contributed by atoms with van der Waals surface area (Å²) in [5.41, 5.74) is 6.97. The second kappa shape index (κ2) is 18.3. The molecule has 0 bridgehead atoms. The molecule has 6 nitrogen and oxygen atoms in total. The maximum absolute atomic E-state index is 11.3. The SMILES string of the molecule is CCCC(=O)CCOCCOCCOCCCCCCOc1ccc(C(C)N)cc1. The molecule has 0 amide bonds. The molecule has 0 radical (unpaired) electrons. The molecule has 1 aromatic carbocycles. The molecule has 1 aromatic rings. The van der Waals surface area contributed by atoms with Crippen molar-refractivity contribution < 1.29 is 23.7 Å². The monoisotopic (exact) mass is 423 g/mol. The number of unbranched alkanes of at least 4 members (excludes halogenated alkanes) is 3. The van der Waals surface area contributed by atoms with Gasteiger partial charge in [0.1, 0.15) is 11.5 Å². The molecule has 0 aliphatic carbocycles. The lowest BCUT2D eigenvalue weighted by atomic mass is 10.1. The van der Waals surface area contributed by atoms with Crippen LogP contribution in [0.4, 0.5) is 0 Å². The van der Waals surface area contributed by atoms with Gasteiger partial charge < -0.3 is 24.7 Å². The number of benzene rings is 1. The van der Waals surface area contributed by atoms with Crippen LogP contribution in [0.1, 0.15) is 70.4 Å². The highest BCUT2D eigenvalue weighted by atomic mass is 16.5. The molecule has 1 rings (SSSR count). The Hall–Kier alpha value is -1.47. The van der Waals surface area contributed by atoms with E-state index < -0.39 is 0 Å². The molecular formula is C24H41NO5. The Labute approximate surface area is 182 Å². The van der Waals surface area contributed by atoms with E-state index in [1.807, 2.05) is 38.1 Å². The third kappa shape index (κ3) is 14.5. The third-order valence-corrected chi connectivity index (χ3v) is 4.66. The van der Waals surface area contributed by atoms with Crippen molar-refractivity contribution >= 4 is 5.78 Å². The van der Waals surface area contributed by atoms with Gasteiger partial charge in [-0.05, 0) is 50.3 Å². The van der Waals surface area contributed by atoms with Gasteiger partial charge in [-0.3, -0.25) is 4.79 Å². The molecule has 1 unspecified atom stereocenters. The molecule has 2 N–H and O–H groups in total. The van der Waals surface area contributed by atoms with E-state index in [-0.39, 0.29) is 11.8 Å². The largest absolute Gasteiger partial charge is 0.494 e. The van der Waals surface area contributed by atoms with E-state index in [0.717, 1.165) is 56.6 Å². The summed E-state index contributed by atoms with van der Waals surface area (Å²) in [6.45, 7) is 8.23. The van der Waals surface area contributed by atoms with Gasteiger partial charge in [-0.15, -0.1) is 0 Å². The van der Waals surface area contributed by atoms with E-state index in [1.54, 1.807) is 0 Å². The lowest BCUT2D eigenvalue weighted by molar-refractivity contribution is -0.120. The summed E-state index contributed by atoms with van der Waals surface area (Å²) in [6, 6.07) is 8.06. The number of nitrogens with two attached hydrogens (primary N) is 1. The smallest absolute Gasteiger partial charge is 0.135 e. The molecule has 0 heterocycles. The van der Waals surface area contributed by atoms with Crippen molar-refractivity contribution in [1.82, 2.24) is 0 Å². The minimum Gasteiger partial charge on any atom is -0.494 e. The third-order valence-electron chi connectivity index (χ3n) is 4.66. The number of hydrogen-bond acceptors (Lipinski definition) is 6. The zero-order chi connectivity index (χ0) is 21.9. The first-order chi connectivity index (χ1) is 14.6. The van der Waals surface area contributed by atoms with Gasteiger partial charge >= 0.3 is 0 Å². The molecule has 0 aromatic heterocycles.